The van der Waals surface area contributed by atoms with Crippen molar-refractivity contribution in [3.8, 4) is 11.1 Å². The van der Waals surface area contributed by atoms with Crippen molar-refractivity contribution < 1.29 is 0 Å². The summed E-state index contributed by atoms with van der Waals surface area (Å²) in [5.74, 6) is 0. The first-order valence-electron chi connectivity index (χ1n) is 10.3. The molecule has 6 rings (SSSR count). The Balaban J connectivity index is 1.90. The quantitative estimate of drug-likeness (QED) is 0.318. The molecule has 0 saturated carbocycles. The van der Waals surface area contributed by atoms with E-state index in [9.17, 15) is 0 Å². The van der Waals surface area contributed by atoms with E-state index in [0.717, 1.165) is 5.69 Å². The molecule has 0 atom stereocenters. The van der Waals surface area contributed by atoms with Crippen LogP contribution in [0.15, 0.2) is 91.0 Å². The van der Waals surface area contributed by atoms with Gasteiger partial charge in [0.25, 0.3) is 0 Å². The average Bonchev–Trinajstić information content (AvgIpc) is 3.05. The summed E-state index contributed by atoms with van der Waals surface area (Å²) >= 11 is 0. The number of nitrogen functional groups attached to an aromatic ring is 1. The number of hydrogen-bond donors (Lipinski definition) is 1. The molecule has 140 valence electrons. The van der Waals surface area contributed by atoms with Gasteiger partial charge in [0, 0.05) is 16.7 Å². The minimum Gasteiger partial charge on any atom is -0.398 e. The van der Waals surface area contributed by atoms with Crippen molar-refractivity contribution in [3.63, 3.8) is 0 Å². The highest BCUT2D eigenvalue weighted by Crippen LogP contribution is 2.62. The molecular weight excluding hydrogens is 350 g/mol. The number of benzene rings is 4. The number of hydrogen-bond acceptors (Lipinski definition) is 1. The molecule has 0 aliphatic heterocycles. The fourth-order valence-corrected chi connectivity index (χ4v) is 5.94. The average molecular weight is 373 g/mol. The molecule has 1 nitrogen and oxygen atoms in total. The molecular formula is C28H23N. The molecule has 29 heavy (non-hydrogen) atoms. The molecule has 2 N–H and O–H groups in total. The van der Waals surface area contributed by atoms with Crippen LogP contribution in [-0.4, -0.2) is 0 Å². The topological polar surface area (TPSA) is 26.0 Å². The molecule has 0 heterocycles. The fraction of sp³-hybridized carbons (Fsp3) is 0.143. The van der Waals surface area contributed by atoms with Gasteiger partial charge in [-0.05, 0) is 45.0 Å². The Labute approximate surface area is 171 Å². The summed E-state index contributed by atoms with van der Waals surface area (Å²) in [4.78, 5) is 0. The van der Waals surface area contributed by atoms with Crippen LogP contribution in [0.1, 0.15) is 47.2 Å². The lowest BCUT2D eigenvalue weighted by molar-refractivity contribution is 0.563. The van der Waals surface area contributed by atoms with Crippen molar-refractivity contribution in [3.05, 3.63) is 124 Å². The van der Waals surface area contributed by atoms with Gasteiger partial charge < -0.3 is 5.73 Å². The zero-order valence-electron chi connectivity index (χ0n) is 16.7. The summed E-state index contributed by atoms with van der Waals surface area (Å²) in [7, 11) is 0. The third-order valence-electron chi connectivity index (χ3n) is 7.11. The van der Waals surface area contributed by atoms with Gasteiger partial charge in [0.2, 0.25) is 0 Å². The Morgan fingerprint density at radius 2 is 1.00 bits per heavy atom. The Hall–Kier alpha value is -3.32. The van der Waals surface area contributed by atoms with Crippen LogP contribution in [0, 0.1) is 0 Å². The standard InChI is InChI=1S/C28H23N/c1-27(2)20-12-5-7-14-22(20)28(23-15-8-6-13-21(23)27)19-11-4-3-10-18(19)26-24(28)16-9-17-25(26)29/h3-17H,29H2,1-2H3. The monoisotopic (exact) mass is 373 g/mol. The first kappa shape index (κ1) is 16.6. The van der Waals surface area contributed by atoms with Gasteiger partial charge in [-0.15, -0.1) is 0 Å². The largest absolute Gasteiger partial charge is 0.398 e. The highest BCUT2D eigenvalue weighted by atomic mass is 14.6. The van der Waals surface area contributed by atoms with E-state index in [2.05, 4.69) is 98.8 Å². The summed E-state index contributed by atoms with van der Waals surface area (Å²) in [6.07, 6.45) is 0. The molecule has 0 bridgehead atoms. The minimum absolute atomic E-state index is 0.0591. The first-order chi connectivity index (χ1) is 14.1. The second kappa shape index (κ2) is 5.39. The van der Waals surface area contributed by atoms with Crippen molar-refractivity contribution in [1.29, 1.82) is 0 Å². The SMILES string of the molecule is CC1(C)c2ccccc2C2(c3ccccc3-c3c(N)cccc32)c2ccccc21. The lowest BCUT2D eigenvalue weighted by Gasteiger charge is -2.46. The molecule has 0 saturated heterocycles. The highest BCUT2D eigenvalue weighted by molar-refractivity contribution is 5.93. The van der Waals surface area contributed by atoms with Crippen LogP contribution in [0.5, 0.6) is 0 Å². The van der Waals surface area contributed by atoms with Gasteiger partial charge in [0.15, 0.2) is 0 Å². The van der Waals surface area contributed by atoms with Gasteiger partial charge >= 0.3 is 0 Å². The number of fused-ring (bicyclic) bond motifs is 9. The first-order valence-corrected chi connectivity index (χ1v) is 10.3. The third kappa shape index (κ3) is 1.81. The van der Waals surface area contributed by atoms with Crippen molar-refractivity contribution in [2.45, 2.75) is 24.7 Å². The zero-order chi connectivity index (χ0) is 19.8. The number of anilines is 1. The van der Waals surface area contributed by atoms with Gasteiger partial charge in [0.05, 0.1) is 5.41 Å². The maximum Gasteiger partial charge on any atom is 0.0720 e. The zero-order valence-corrected chi connectivity index (χ0v) is 16.7. The minimum atomic E-state index is -0.329. The molecule has 4 aromatic carbocycles. The molecule has 2 aliphatic rings. The van der Waals surface area contributed by atoms with Crippen LogP contribution in [-0.2, 0) is 10.8 Å². The summed E-state index contributed by atoms with van der Waals surface area (Å²) < 4.78 is 0. The van der Waals surface area contributed by atoms with Crippen molar-refractivity contribution >= 4 is 5.69 Å². The van der Waals surface area contributed by atoms with E-state index >= 15 is 0 Å². The van der Waals surface area contributed by atoms with Crippen molar-refractivity contribution in [2.75, 3.05) is 5.73 Å². The molecule has 0 radical (unpaired) electrons. The Bertz CT molecular complexity index is 1250. The maximum atomic E-state index is 6.57. The van der Waals surface area contributed by atoms with Crippen LogP contribution < -0.4 is 5.73 Å². The fourth-order valence-electron chi connectivity index (χ4n) is 5.94. The predicted octanol–water partition coefficient (Wildman–Crippen LogP) is 6.27. The van der Waals surface area contributed by atoms with E-state index in [1.54, 1.807) is 0 Å². The Morgan fingerprint density at radius 3 is 1.62 bits per heavy atom. The summed E-state index contributed by atoms with van der Waals surface area (Å²) in [5.41, 5.74) is 17.6. The summed E-state index contributed by atoms with van der Waals surface area (Å²) in [6, 6.07) is 33.2. The molecule has 0 aromatic heterocycles. The normalized spacial score (nSPS) is 16.6. The van der Waals surface area contributed by atoms with E-state index in [-0.39, 0.29) is 10.8 Å². The predicted molar refractivity (Wildman–Crippen MR) is 120 cm³/mol. The molecule has 0 amide bonds. The highest BCUT2D eigenvalue weighted by Gasteiger charge is 2.53. The number of nitrogens with two attached hydrogens (primary N) is 1. The van der Waals surface area contributed by atoms with Crippen molar-refractivity contribution in [1.82, 2.24) is 0 Å². The molecule has 1 heteroatoms. The molecule has 0 fully saturated rings. The van der Waals surface area contributed by atoms with E-state index in [1.165, 1.54) is 44.5 Å². The Morgan fingerprint density at radius 1 is 0.517 bits per heavy atom. The van der Waals surface area contributed by atoms with E-state index < -0.39 is 0 Å². The molecule has 0 unspecified atom stereocenters. The molecule has 2 aliphatic carbocycles. The van der Waals surface area contributed by atoms with Crippen LogP contribution in [0.25, 0.3) is 11.1 Å². The van der Waals surface area contributed by atoms with Crippen molar-refractivity contribution in [2.24, 2.45) is 0 Å². The second-order valence-corrected chi connectivity index (χ2v) is 8.78. The summed E-state index contributed by atoms with van der Waals surface area (Å²) in [6.45, 7) is 4.69. The third-order valence-corrected chi connectivity index (χ3v) is 7.11. The Kier molecular flexibility index (Phi) is 3.09. The maximum absolute atomic E-state index is 6.57. The van der Waals surface area contributed by atoms with E-state index in [0.29, 0.717) is 0 Å². The van der Waals surface area contributed by atoms with Gasteiger partial charge in [-0.25, -0.2) is 0 Å². The van der Waals surface area contributed by atoms with Crippen LogP contribution >= 0.6 is 0 Å². The smallest absolute Gasteiger partial charge is 0.0720 e. The summed E-state index contributed by atoms with van der Waals surface area (Å²) in [5, 5.41) is 0. The van der Waals surface area contributed by atoms with Gasteiger partial charge in [-0.2, -0.15) is 0 Å². The number of rotatable bonds is 0. The van der Waals surface area contributed by atoms with Crippen LogP contribution in [0.2, 0.25) is 0 Å². The van der Waals surface area contributed by atoms with Crippen LogP contribution in [0.3, 0.4) is 0 Å². The molecule has 1 spiro atoms. The van der Waals surface area contributed by atoms with Gasteiger partial charge in [-0.1, -0.05) is 98.8 Å². The second-order valence-electron chi connectivity index (χ2n) is 8.78. The lowest BCUT2D eigenvalue weighted by Crippen LogP contribution is -2.40. The van der Waals surface area contributed by atoms with Crippen LogP contribution in [0.4, 0.5) is 5.69 Å². The van der Waals surface area contributed by atoms with Gasteiger partial charge in [-0.3, -0.25) is 0 Å². The van der Waals surface area contributed by atoms with E-state index in [1.807, 2.05) is 6.07 Å². The molecule has 4 aromatic rings. The van der Waals surface area contributed by atoms with E-state index in [4.69, 9.17) is 5.73 Å². The lowest BCUT2D eigenvalue weighted by atomic mass is 9.55. The van der Waals surface area contributed by atoms with Gasteiger partial charge in [0.1, 0.15) is 0 Å².